The predicted octanol–water partition coefficient (Wildman–Crippen LogP) is 4.36. The van der Waals surface area contributed by atoms with Crippen molar-refractivity contribution in [2.75, 3.05) is 13.7 Å². The number of carboxylic acids is 1. The van der Waals surface area contributed by atoms with Gasteiger partial charge in [0.05, 0.1) is 7.11 Å². The maximum atomic E-state index is 11.7. The Balaban J connectivity index is 1.83. The molecule has 0 aliphatic carbocycles. The molecule has 0 fully saturated rings. The number of aromatic amines is 1. The molecule has 0 aliphatic heterocycles. The number of thioether (sulfide) groups is 1. The zero-order valence-electron chi connectivity index (χ0n) is 15.8. The van der Waals surface area contributed by atoms with Gasteiger partial charge in [-0.25, -0.2) is 9.78 Å². The van der Waals surface area contributed by atoms with E-state index in [0.29, 0.717) is 27.9 Å². The Morgan fingerprint density at radius 1 is 1.30 bits per heavy atom. The van der Waals surface area contributed by atoms with E-state index in [2.05, 4.69) is 21.1 Å². The number of aliphatic carboxylic acids is 1. The number of ether oxygens (including phenoxy) is 2. The number of hydrogen-bond donors (Lipinski definition) is 2. The summed E-state index contributed by atoms with van der Waals surface area (Å²) in [7, 11) is 1.49. The first-order chi connectivity index (χ1) is 14.5. The van der Waals surface area contributed by atoms with Crippen LogP contribution in [0.1, 0.15) is 5.56 Å². The number of nitrogens with zero attached hydrogens (tertiary/aromatic N) is 2. The van der Waals surface area contributed by atoms with Crippen molar-refractivity contribution in [3.63, 3.8) is 0 Å². The second kappa shape index (κ2) is 9.87. The first-order valence-corrected chi connectivity index (χ1v) is 9.75. The highest BCUT2D eigenvalue weighted by molar-refractivity contribution is 8.04. The largest absolute Gasteiger partial charge is 0.493 e. The molecule has 2 aromatic carbocycles. The van der Waals surface area contributed by atoms with Gasteiger partial charge < -0.3 is 14.6 Å². The minimum absolute atomic E-state index is 0.0380. The molecule has 1 aromatic heterocycles. The summed E-state index contributed by atoms with van der Waals surface area (Å²) < 4.78 is 10.7. The summed E-state index contributed by atoms with van der Waals surface area (Å²) in [6.45, 7) is 0.0998. The van der Waals surface area contributed by atoms with E-state index in [1.165, 1.54) is 13.2 Å². The molecule has 3 aromatic rings. The van der Waals surface area contributed by atoms with Gasteiger partial charge in [0.2, 0.25) is 5.16 Å². The second-order valence-electron chi connectivity index (χ2n) is 5.79. The van der Waals surface area contributed by atoms with Crippen LogP contribution in [0, 0.1) is 12.3 Å². The molecule has 0 radical (unpaired) electrons. The van der Waals surface area contributed by atoms with Gasteiger partial charge in [0.15, 0.2) is 17.3 Å². The lowest BCUT2D eigenvalue weighted by Crippen LogP contribution is -1.99. The molecule has 1 heterocycles. The molecule has 152 valence electrons. The minimum Gasteiger partial charge on any atom is -0.493 e. The van der Waals surface area contributed by atoms with Crippen LogP contribution in [-0.4, -0.2) is 40.0 Å². The van der Waals surface area contributed by atoms with Crippen molar-refractivity contribution in [3.05, 3.63) is 58.0 Å². The number of rotatable bonds is 8. The van der Waals surface area contributed by atoms with E-state index in [-0.39, 0.29) is 16.7 Å². The molecule has 3 rings (SSSR count). The highest BCUT2D eigenvalue weighted by Crippen LogP contribution is 2.32. The van der Waals surface area contributed by atoms with Crippen LogP contribution in [0.5, 0.6) is 11.5 Å². The van der Waals surface area contributed by atoms with E-state index in [0.717, 1.165) is 17.3 Å². The number of nitrogens with one attached hydrogen (secondary N) is 1. The van der Waals surface area contributed by atoms with Gasteiger partial charge in [-0.3, -0.25) is 5.10 Å². The summed E-state index contributed by atoms with van der Waals surface area (Å²) in [6, 6.07) is 12.1. The number of halogens is 1. The highest BCUT2D eigenvalue weighted by Gasteiger charge is 2.15. The van der Waals surface area contributed by atoms with Crippen LogP contribution in [0.3, 0.4) is 0 Å². The summed E-state index contributed by atoms with van der Waals surface area (Å²) in [4.78, 5) is 16.1. The van der Waals surface area contributed by atoms with Gasteiger partial charge in [-0.05, 0) is 59.8 Å². The number of methoxy groups -OCH3 is 1. The standard InChI is InChI=1S/C21H16ClN3O4S/c1-3-10-29-16-9-4-13(11-17(16)28-2)12-18(20(26)27)30-21-23-19(24-25-21)14-5-7-15(22)8-6-14/h1,4-9,11-12H,10H2,2H3,(H,26,27)(H,23,24,25)/b18-12-. The molecule has 0 spiro atoms. The summed E-state index contributed by atoms with van der Waals surface area (Å²) in [5.41, 5.74) is 1.39. The minimum atomic E-state index is -1.11. The van der Waals surface area contributed by atoms with Gasteiger partial charge in [0.25, 0.3) is 0 Å². The third kappa shape index (κ3) is 5.35. The summed E-state index contributed by atoms with van der Waals surface area (Å²) in [6.07, 6.45) is 6.70. The number of carbonyl (C=O) groups is 1. The Kier molecular flexibility index (Phi) is 7.01. The van der Waals surface area contributed by atoms with Crippen LogP contribution in [0.4, 0.5) is 0 Å². The van der Waals surface area contributed by atoms with Crippen molar-refractivity contribution in [2.24, 2.45) is 0 Å². The summed E-state index contributed by atoms with van der Waals surface area (Å²) in [5.74, 6) is 2.69. The number of hydrogen-bond acceptors (Lipinski definition) is 6. The van der Waals surface area contributed by atoms with Crippen molar-refractivity contribution >= 4 is 35.4 Å². The number of benzene rings is 2. The Labute approximate surface area is 182 Å². The SMILES string of the molecule is C#CCOc1ccc(/C=C(\Sc2n[nH]c(-c3ccc(Cl)cc3)n2)C(=O)O)cc1OC. The molecule has 30 heavy (non-hydrogen) atoms. The molecule has 0 aliphatic rings. The van der Waals surface area contributed by atoms with E-state index in [4.69, 9.17) is 27.5 Å². The number of aromatic nitrogens is 3. The zero-order valence-corrected chi connectivity index (χ0v) is 17.3. The summed E-state index contributed by atoms with van der Waals surface area (Å²) >= 11 is 6.82. The average molecular weight is 442 g/mol. The third-order valence-electron chi connectivity index (χ3n) is 3.79. The quantitative estimate of drug-likeness (QED) is 0.304. The predicted molar refractivity (Wildman–Crippen MR) is 116 cm³/mol. The van der Waals surface area contributed by atoms with E-state index in [9.17, 15) is 9.90 Å². The summed E-state index contributed by atoms with van der Waals surface area (Å²) in [5, 5.41) is 17.4. The number of H-pyrrole nitrogens is 1. The van der Waals surface area contributed by atoms with Crippen LogP contribution >= 0.6 is 23.4 Å². The first kappa shape index (κ1) is 21.3. The molecule has 0 amide bonds. The molecule has 0 saturated heterocycles. The Hall–Kier alpha value is -3.41. The molecule has 2 N–H and O–H groups in total. The van der Waals surface area contributed by atoms with Crippen molar-refractivity contribution in [2.45, 2.75) is 5.16 Å². The lowest BCUT2D eigenvalue weighted by molar-refractivity contribution is -0.131. The van der Waals surface area contributed by atoms with Gasteiger partial charge in [-0.2, -0.15) is 0 Å². The second-order valence-corrected chi connectivity index (χ2v) is 7.24. The van der Waals surface area contributed by atoms with Crippen molar-refractivity contribution in [1.82, 2.24) is 15.2 Å². The Bertz CT molecular complexity index is 1120. The van der Waals surface area contributed by atoms with Gasteiger partial charge in [-0.1, -0.05) is 23.6 Å². The Morgan fingerprint density at radius 3 is 2.73 bits per heavy atom. The molecule has 0 atom stereocenters. The van der Waals surface area contributed by atoms with E-state index < -0.39 is 5.97 Å². The monoisotopic (exact) mass is 441 g/mol. The smallest absolute Gasteiger partial charge is 0.342 e. The molecule has 9 heteroatoms. The Morgan fingerprint density at radius 2 is 2.07 bits per heavy atom. The fourth-order valence-electron chi connectivity index (χ4n) is 2.43. The van der Waals surface area contributed by atoms with E-state index in [1.807, 2.05) is 0 Å². The first-order valence-electron chi connectivity index (χ1n) is 8.55. The fourth-order valence-corrected chi connectivity index (χ4v) is 3.26. The van der Waals surface area contributed by atoms with Crippen molar-refractivity contribution in [1.29, 1.82) is 0 Å². The molecule has 0 saturated carbocycles. The molecule has 0 unspecified atom stereocenters. The number of terminal acetylenes is 1. The van der Waals surface area contributed by atoms with Crippen LogP contribution in [0.25, 0.3) is 17.5 Å². The fraction of sp³-hybridized carbons (Fsp3) is 0.0952. The maximum absolute atomic E-state index is 11.7. The van der Waals surface area contributed by atoms with Crippen molar-refractivity contribution in [3.8, 4) is 35.2 Å². The van der Waals surface area contributed by atoms with Gasteiger partial charge in [0.1, 0.15) is 11.5 Å². The van der Waals surface area contributed by atoms with E-state index in [1.54, 1.807) is 42.5 Å². The maximum Gasteiger partial charge on any atom is 0.342 e. The molecular formula is C21H16ClN3O4S. The topological polar surface area (TPSA) is 97.3 Å². The van der Waals surface area contributed by atoms with Crippen LogP contribution < -0.4 is 9.47 Å². The lowest BCUT2D eigenvalue weighted by Gasteiger charge is -2.09. The van der Waals surface area contributed by atoms with Gasteiger partial charge in [0, 0.05) is 10.6 Å². The highest BCUT2D eigenvalue weighted by atomic mass is 35.5. The van der Waals surface area contributed by atoms with Crippen LogP contribution in [0.15, 0.2) is 52.5 Å². The van der Waals surface area contributed by atoms with Gasteiger partial charge in [-0.15, -0.1) is 11.5 Å². The number of carboxylic acid groups (broad SMARTS) is 1. The lowest BCUT2D eigenvalue weighted by atomic mass is 10.2. The van der Waals surface area contributed by atoms with Crippen LogP contribution in [-0.2, 0) is 4.79 Å². The zero-order chi connectivity index (χ0) is 21.5. The average Bonchev–Trinajstić information content (AvgIpc) is 3.21. The van der Waals surface area contributed by atoms with Crippen LogP contribution in [0.2, 0.25) is 5.02 Å². The molecule has 0 bridgehead atoms. The molecule has 7 nitrogen and oxygen atoms in total. The van der Waals surface area contributed by atoms with Crippen molar-refractivity contribution < 1.29 is 19.4 Å². The van der Waals surface area contributed by atoms with Gasteiger partial charge >= 0.3 is 5.97 Å². The molecular weight excluding hydrogens is 426 g/mol. The normalized spacial score (nSPS) is 11.0. The third-order valence-corrected chi connectivity index (χ3v) is 4.92. The van der Waals surface area contributed by atoms with E-state index >= 15 is 0 Å².